The van der Waals surface area contributed by atoms with Crippen LogP contribution in [0.15, 0.2) is 78.9 Å². The monoisotopic (exact) mass is 329 g/mol. The molecule has 124 valence electrons. The number of imidazole rings is 1. The molecule has 0 spiro atoms. The van der Waals surface area contributed by atoms with Crippen molar-refractivity contribution in [1.82, 2.24) is 9.55 Å². The molecule has 4 aromatic rings. The largest absolute Gasteiger partial charge is 0.496 e. The van der Waals surface area contributed by atoms with E-state index in [2.05, 4.69) is 22.8 Å². The highest BCUT2D eigenvalue weighted by Gasteiger charge is 2.21. The van der Waals surface area contributed by atoms with E-state index in [0.29, 0.717) is 0 Å². The van der Waals surface area contributed by atoms with Crippen molar-refractivity contribution in [3.05, 3.63) is 90.3 Å². The molecule has 4 rings (SSSR count). The number of fused-ring (bicyclic) bond motifs is 1. The van der Waals surface area contributed by atoms with E-state index in [1.165, 1.54) is 0 Å². The third kappa shape index (κ3) is 2.66. The van der Waals surface area contributed by atoms with Crippen molar-refractivity contribution in [3.63, 3.8) is 0 Å². The molecule has 0 fully saturated rings. The average Bonchev–Trinajstić information content (AvgIpc) is 3.07. The minimum Gasteiger partial charge on any atom is -0.496 e. The molecule has 1 atom stereocenters. The number of benzene rings is 3. The Kier molecular flexibility index (Phi) is 3.96. The number of nitrogens with two attached hydrogens (primary N) is 1. The summed E-state index contributed by atoms with van der Waals surface area (Å²) < 4.78 is 7.61. The molecule has 1 aromatic heterocycles. The molecule has 4 heteroatoms. The van der Waals surface area contributed by atoms with Crippen LogP contribution in [-0.2, 0) is 0 Å². The van der Waals surface area contributed by atoms with E-state index in [4.69, 9.17) is 15.5 Å². The summed E-state index contributed by atoms with van der Waals surface area (Å²) in [5, 5.41) is 0. The first-order valence-corrected chi connectivity index (χ1v) is 8.21. The lowest BCUT2D eigenvalue weighted by Gasteiger charge is -2.17. The van der Waals surface area contributed by atoms with Crippen molar-refractivity contribution in [3.8, 4) is 11.4 Å². The number of hydrogen-bond acceptors (Lipinski definition) is 3. The summed E-state index contributed by atoms with van der Waals surface area (Å²) in [6.45, 7) is 0. The summed E-state index contributed by atoms with van der Waals surface area (Å²) in [6.07, 6.45) is 0. The van der Waals surface area contributed by atoms with Gasteiger partial charge in [0, 0.05) is 11.3 Å². The molecule has 0 bridgehead atoms. The first-order chi connectivity index (χ1) is 12.3. The Balaban J connectivity index is 1.95. The lowest BCUT2D eigenvalue weighted by atomic mass is 10.1. The number of ether oxygens (including phenoxy) is 1. The molecule has 0 saturated heterocycles. The van der Waals surface area contributed by atoms with E-state index in [-0.39, 0.29) is 0 Å². The van der Waals surface area contributed by atoms with Crippen molar-refractivity contribution in [1.29, 1.82) is 0 Å². The Morgan fingerprint density at radius 2 is 1.56 bits per heavy atom. The number of rotatable bonds is 4. The fourth-order valence-corrected chi connectivity index (χ4v) is 3.16. The van der Waals surface area contributed by atoms with E-state index in [1.807, 2.05) is 60.7 Å². The average molecular weight is 329 g/mol. The maximum absolute atomic E-state index is 6.63. The van der Waals surface area contributed by atoms with Crippen LogP contribution in [0.4, 0.5) is 0 Å². The minimum absolute atomic E-state index is 0.399. The number of hydrogen-bond donors (Lipinski definition) is 1. The van der Waals surface area contributed by atoms with Gasteiger partial charge in [-0.05, 0) is 30.3 Å². The molecule has 0 aliphatic rings. The predicted molar refractivity (Wildman–Crippen MR) is 100 cm³/mol. The predicted octanol–water partition coefficient (Wildman–Crippen LogP) is 4.08. The second-order valence-electron chi connectivity index (χ2n) is 5.85. The summed E-state index contributed by atoms with van der Waals surface area (Å²) in [7, 11) is 1.66. The third-order valence-corrected chi connectivity index (χ3v) is 4.35. The van der Waals surface area contributed by atoms with Gasteiger partial charge in [0.1, 0.15) is 11.6 Å². The number of nitrogens with zero attached hydrogens (tertiary/aromatic N) is 2. The van der Waals surface area contributed by atoms with Crippen LogP contribution in [0.25, 0.3) is 16.7 Å². The normalized spacial score (nSPS) is 12.2. The second-order valence-corrected chi connectivity index (χ2v) is 5.85. The Bertz CT molecular complexity index is 1010. The SMILES string of the molecule is COc1ccccc1C(N)c1nc2ccccc2n1-c1ccccc1. The molecule has 3 aromatic carbocycles. The number of methoxy groups -OCH3 is 1. The Hall–Kier alpha value is -3.11. The van der Waals surface area contributed by atoms with Gasteiger partial charge in [-0.1, -0.05) is 48.5 Å². The van der Waals surface area contributed by atoms with Crippen LogP contribution in [0, 0.1) is 0 Å². The fraction of sp³-hybridized carbons (Fsp3) is 0.0952. The molecule has 0 amide bonds. The van der Waals surface area contributed by atoms with Gasteiger partial charge in [0.25, 0.3) is 0 Å². The zero-order chi connectivity index (χ0) is 17.2. The van der Waals surface area contributed by atoms with Gasteiger partial charge in [-0.15, -0.1) is 0 Å². The van der Waals surface area contributed by atoms with E-state index in [9.17, 15) is 0 Å². The quantitative estimate of drug-likeness (QED) is 0.614. The van der Waals surface area contributed by atoms with Crippen LogP contribution in [0.2, 0.25) is 0 Å². The molecule has 2 N–H and O–H groups in total. The van der Waals surface area contributed by atoms with Crippen molar-refractivity contribution in [2.75, 3.05) is 7.11 Å². The molecular weight excluding hydrogens is 310 g/mol. The summed E-state index contributed by atoms with van der Waals surface area (Å²) in [5.41, 5.74) is 10.5. The standard InChI is InChI=1S/C21H19N3O/c1-25-19-14-8-5-11-16(19)20(22)21-23-17-12-6-7-13-18(17)24(21)15-9-3-2-4-10-15/h2-14,20H,22H2,1H3. The molecule has 4 nitrogen and oxygen atoms in total. The van der Waals surface area contributed by atoms with Crippen LogP contribution in [-0.4, -0.2) is 16.7 Å². The van der Waals surface area contributed by atoms with Crippen LogP contribution in [0.1, 0.15) is 17.4 Å². The molecule has 0 radical (unpaired) electrons. The molecule has 1 heterocycles. The summed E-state index contributed by atoms with van der Waals surface area (Å²) in [4.78, 5) is 4.82. The van der Waals surface area contributed by atoms with Gasteiger partial charge >= 0.3 is 0 Å². The van der Waals surface area contributed by atoms with Crippen molar-refractivity contribution < 1.29 is 4.74 Å². The summed E-state index contributed by atoms with van der Waals surface area (Å²) in [6, 6.07) is 25.6. The zero-order valence-electron chi connectivity index (χ0n) is 14.0. The smallest absolute Gasteiger partial charge is 0.136 e. The summed E-state index contributed by atoms with van der Waals surface area (Å²) >= 11 is 0. The van der Waals surface area contributed by atoms with Gasteiger partial charge in [0.15, 0.2) is 0 Å². The topological polar surface area (TPSA) is 53.1 Å². The lowest BCUT2D eigenvalue weighted by Crippen LogP contribution is -2.18. The molecular formula is C21H19N3O. The van der Waals surface area contributed by atoms with Gasteiger partial charge in [-0.2, -0.15) is 0 Å². The Morgan fingerprint density at radius 3 is 2.36 bits per heavy atom. The van der Waals surface area contributed by atoms with Crippen molar-refractivity contribution in [2.45, 2.75) is 6.04 Å². The highest BCUT2D eigenvalue weighted by Crippen LogP contribution is 2.31. The first-order valence-electron chi connectivity index (χ1n) is 8.21. The van der Waals surface area contributed by atoms with Gasteiger partial charge in [0.2, 0.25) is 0 Å². The molecule has 0 aliphatic heterocycles. The maximum atomic E-state index is 6.63. The van der Waals surface area contributed by atoms with E-state index in [0.717, 1.165) is 33.9 Å². The Morgan fingerprint density at radius 1 is 0.880 bits per heavy atom. The van der Waals surface area contributed by atoms with Gasteiger partial charge < -0.3 is 10.5 Å². The number of aromatic nitrogens is 2. The fourth-order valence-electron chi connectivity index (χ4n) is 3.16. The minimum atomic E-state index is -0.399. The molecule has 25 heavy (non-hydrogen) atoms. The molecule has 0 saturated carbocycles. The van der Waals surface area contributed by atoms with Crippen LogP contribution in [0.5, 0.6) is 5.75 Å². The van der Waals surface area contributed by atoms with Crippen molar-refractivity contribution >= 4 is 11.0 Å². The van der Waals surface area contributed by atoms with Crippen LogP contribution in [0.3, 0.4) is 0 Å². The lowest BCUT2D eigenvalue weighted by molar-refractivity contribution is 0.407. The summed E-state index contributed by atoms with van der Waals surface area (Å²) in [5.74, 6) is 1.55. The highest BCUT2D eigenvalue weighted by atomic mass is 16.5. The van der Waals surface area contributed by atoms with Crippen molar-refractivity contribution in [2.24, 2.45) is 5.73 Å². The first kappa shape index (κ1) is 15.4. The van der Waals surface area contributed by atoms with Gasteiger partial charge in [-0.25, -0.2) is 4.98 Å². The van der Waals surface area contributed by atoms with E-state index < -0.39 is 6.04 Å². The van der Waals surface area contributed by atoms with E-state index in [1.54, 1.807) is 7.11 Å². The third-order valence-electron chi connectivity index (χ3n) is 4.35. The van der Waals surface area contributed by atoms with Crippen LogP contribution < -0.4 is 10.5 Å². The Labute approximate surface area is 146 Å². The van der Waals surface area contributed by atoms with Gasteiger partial charge in [-0.3, -0.25) is 4.57 Å². The van der Waals surface area contributed by atoms with Gasteiger partial charge in [0.05, 0.1) is 24.2 Å². The second kappa shape index (κ2) is 6.42. The van der Waals surface area contributed by atoms with Crippen LogP contribution >= 0.6 is 0 Å². The molecule has 0 aliphatic carbocycles. The maximum Gasteiger partial charge on any atom is 0.136 e. The highest BCUT2D eigenvalue weighted by molar-refractivity contribution is 5.78. The van der Waals surface area contributed by atoms with E-state index >= 15 is 0 Å². The zero-order valence-corrected chi connectivity index (χ0v) is 14.0. The molecule has 1 unspecified atom stereocenters. The number of para-hydroxylation sites is 4.